The Kier molecular flexibility index (Phi) is 4.14. The Hall–Kier alpha value is -2.64. The highest BCUT2D eigenvalue weighted by Crippen LogP contribution is 2.28. The van der Waals surface area contributed by atoms with Gasteiger partial charge in [0.15, 0.2) is 0 Å². The molecule has 0 aliphatic carbocycles. The summed E-state index contributed by atoms with van der Waals surface area (Å²) in [5, 5.41) is 6.80. The van der Waals surface area contributed by atoms with Crippen LogP contribution in [0.5, 0.6) is 0 Å². The molecule has 2 aromatic heterocycles. The first-order chi connectivity index (χ1) is 11.6. The van der Waals surface area contributed by atoms with Gasteiger partial charge in [0.1, 0.15) is 5.82 Å². The highest BCUT2D eigenvalue weighted by molar-refractivity contribution is 5.48. The summed E-state index contributed by atoms with van der Waals surface area (Å²) < 4.78 is 39.8. The molecule has 0 aliphatic heterocycles. The third-order valence-electron chi connectivity index (χ3n) is 3.96. The van der Waals surface area contributed by atoms with E-state index in [-0.39, 0.29) is 11.8 Å². The molecule has 1 atom stereocenters. The molecular formula is C17H18F3N5. The SMILES string of the molecule is Cc1ccc(C)c([C@H](C)Nc2cc(C)nc3nc(C(F)(F)F)nn23)c1. The maximum Gasteiger partial charge on any atom is 0.453 e. The fraction of sp³-hybridized carbons (Fsp3) is 0.353. The molecule has 3 aromatic rings. The van der Waals surface area contributed by atoms with E-state index < -0.39 is 12.0 Å². The number of nitrogens with one attached hydrogen (secondary N) is 1. The van der Waals surface area contributed by atoms with Gasteiger partial charge in [0.25, 0.3) is 11.6 Å². The van der Waals surface area contributed by atoms with Gasteiger partial charge < -0.3 is 5.32 Å². The third-order valence-corrected chi connectivity index (χ3v) is 3.96. The van der Waals surface area contributed by atoms with Crippen molar-refractivity contribution in [3.63, 3.8) is 0 Å². The average molecular weight is 349 g/mol. The molecule has 5 nitrogen and oxygen atoms in total. The fourth-order valence-corrected chi connectivity index (χ4v) is 2.74. The lowest BCUT2D eigenvalue weighted by atomic mass is 10.00. The number of nitrogens with zero attached hydrogens (tertiary/aromatic N) is 4. The molecular weight excluding hydrogens is 331 g/mol. The van der Waals surface area contributed by atoms with E-state index in [1.807, 2.05) is 32.9 Å². The van der Waals surface area contributed by atoms with Crippen molar-refractivity contribution in [2.24, 2.45) is 0 Å². The molecule has 3 rings (SSSR count). The minimum absolute atomic E-state index is 0.0806. The molecule has 0 saturated heterocycles. The van der Waals surface area contributed by atoms with Crippen molar-refractivity contribution in [3.8, 4) is 0 Å². The summed E-state index contributed by atoms with van der Waals surface area (Å²) in [4.78, 5) is 7.52. The Morgan fingerprint density at radius 3 is 2.48 bits per heavy atom. The zero-order valence-corrected chi connectivity index (χ0v) is 14.3. The van der Waals surface area contributed by atoms with E-state index in [2.05, 4.69) is 26.4 Å². The van der Waals surface area contributed by atoms with Crippen LogP contribution in [0.2, 0.25) is 0 Å². The number of aromatic nitrogens is 4. The minimum Gasteiger partial charge on any atom is -0.363 e. The van der Waals surface area contributed by atoms with Gasteiger partial charge in [0.2, 0.25) is 0 Å². The molecule has 0 saturated carbocycles. The summed E-state index contributed by atoms with van der Waals surface area (Å²) in [6, 6.07) is 7.63. The molecule has 1 aromatic carbocycles. The van der Waals surface area contributed by atoms with Gasteiger partial charge >= 0.3 is 6.18 Å². The molecule has 0 unspecified atom stereocenters. The number of benzene rings is 1. The molecule has 132 valence electrons. The Morgan fingerprint density at radius 1 is 1.08 bits per heavy atom. The maximum atomic E-state index is 12.9. The molecule has 0 radical (unpaired) electrons. The molecule has 25 heavy (non-hydrogen) atoms. The zero-order valence-electron chi connectivity index (χ0n) is 14.3. The monoisotopic (exact) mass is 349 g/mol. The van der Waals surface area contributed by atoms with Gasteiger partial charge in [0, 0.05) is 11.8 Å². The van der Waals surface area contributed by atoms with Gasteiger partial charge in [-0.25, -0.2) is 4.98 Å². The number of anilines is 1. The highest BCUT2D eigenvalue weighted by atomic mass is 19.4. The van der Waals surface area contributed by atoms with Crippen molar-refractivity contribution < 1.29 is 13.2 Å². The van der Waals surface area contributed by atoms with Crippen LogP contribution in [0.25, 0.3) is 5.78 Å². The molecule has 0 amide bonds. The second-order valence-electron chi connectivity index (χ2n) is 6.15. The van der Waals surface area contributed by atoms with Crippen LogP contribution in [0, 0.1) is 20.8 Å². The molecule has 0 fully saturated rings. The molecule has 0 spiro atoms. The van der Waals surface area contributed by atoms with Crippen molar-refractivity contribution in [1.29, 1.82) is 0 Å². The van der Waals surface area contributed by atoms with Gasteiger partial charge in [-0.1, -0.05) is 23.8 Å². The average Bonchev–Trinajstić information content (AvgIpc) is 2.93. The second-order valence-corrected chi connectivity index (χ2v) is 6.15. The third kappa shape index (κ3) is 3.42. The number of hydrogen-bond acceptors (Lipinski definition) is 4. The van der Waals surface area contributed by atoms with E-state index in [4.69, 9.17) is 0 Å². The number of alkyl halides is 3. The van der Waals surface area contributed by atoms with E-state index in [1.54, 1.807) is 13.0 Å². The first-order valence-electron chi connectivity index (χ1n) is 7.80. The lowest BCUT2D eigenvalue weighted by molar-refractivity contribution is -0.144. The first-order valence-corrected chi connectivity index (χ1v) is 7.80. The van der Waals surface area contributed by atoms with Crippen molar-refractivity contribution >= 4 is 11.6 Å². The van der Waals surface area contributed by atoms with E-state index in [0.29, 0.717) is 11.5 Å². The number of rotatable bonds is 3. The topological polar surface area (TPSA) is 55.1 Å². The van der Waals surface area contributed by atoms with Crippen molar-refractivity contribution in [3.05, 3.63) is 52.5 Å². The molecule has 1 N–H and O–H groups in total. The van der Waals surface area contributed by atoms with Crippen molar-refractivity contribution in [2.75, 3.05) is 5.32 Å². The van der Waals surface area contributed by atoms with Crippen molar-refractivity contribution in [1.82, 2.24) is 19.6 Å². The highest BCUT2D eigenvalue weighted by Gasteiger charge is 2.36. The number of hydrogen-bond donors (Lipinski definition) is 1. The van der Waals surface area contributed by atoms with Crippen LogP contribution in [-0.2, 0) is 6.18 Å². The van der Waals surface area contributed by atoms with Gasteiger partial charge in [-0.3, -0.25) is 0 Å². The summed E-state index contributed by atoms with van der Waals surface area (Å²) >= 11 is 0. The summed E-state index contributed by atoms with van der Waals surface area (Å²) in [6.07, 6.45) is -4.61. The van der Waals surface area contributed by atoms with Crippen LogP contribution in [0.1, 0.15) is 41.2 Å². The first kappa shape index (κ1) is 17.2. The van der Waals surface area contributed by atoms with Crippen LogP contribution in [0.4, 0.5) is 19.0 Å². The van der Waals surface area contributed by atoms with Crippen LogP contribution in [0.3, 0.4) is 0 Å². The number of fused-ring (bicyclic) bond motifs is 1. The van der Waals surface area contributed by atoms with Crippen LogP contribution in [0.15, 0.2) is 24.3 Å². The predicted molar refractivity (Wildman–Crippen MR) is 88.5 cm³/mol. The van der Waals surface area contributed by atoms with Gasteiger partial charge in [-0.2, -0.15) is 22.7 Å². The minimum atomic E-state index is -4.61. The lowest BCUT2D eigenvalue weighted by Gasteiger charge is -2.19. The van der Waals surface area contributed by atoms with E-state index >= 15 is 0 Å². The van der Waals surface area contributed by atoms with E-state index in [1.165, 1.54) is 0 Å². The number of halogens is 3. The van der Waals surface area contributed by atoms with E-state index in [0.717, 1.165) is 21.2 Å². The molecule has 2 heterocycles. The molecule has 0 aliphatic rings. The largest absolute Gasteiger partial charge is 0.453 e. The molecule has 0 bridgehead atoms. The van der Waals surface area contributed by atoms with Crippen LogP contribution >= 0.6 is 0 Å². The van der Waals surface area contributed by atoms with Crippen LogP contribution in [-0.4, -0.2) is 19.6 Å². The Morgan fingerprint density at radius 2 is 1.80 bits per heavy atom. The van der Waals surface area contributed by atoms with Crippen molar-refractivity contribution in [2.45, 2.75) is 39.9 Å². The predicted octanol–water partition coefficient (Wildman–Crippen LogP) is 4.24. The summed E-state index contributed by atoms with van der Waals surface area (Å²) in [6.45, 7) is 7.65. The van der Waals surface area contributed by atoms with Gasteiger partial charge in [-0.15, -0.1) is 5.10 Å². The smallest absolute Gasteiger partial charge is 0.363 e. The van der Waals surface area contributed by atoms with Gasteiger partial charge in [0.05, 0.1) is 6.04 Å². The summed E-state index contributed by atoms with van der Waals surface area (Å²) in [5.74, 6) is -0.866. The summed E-state index contributed by atoms with van der Waals surface area (Å²) in [7, 11) is 0. The fourth-order valence-electron chi connectivity index (χ4n) is 2.74. The quantitative estimate of drug-likeness (QED) is 0.768. The Balaban J connectivity index is 2.03. The Bertz CT molecular complexity index is 930. The standard InChI is InChI=1S/C17H18F3N5/c1-9-5-6-10(2)13(7-9)12(4)22-14-8-11(3)21-16-23-15(17(18,19)20)24-25(14)16/h5-8,12,22H,1-4H3/t12-/m0/s1. The van der Waals surface area contributed by atoms with Gasteiger partial charge in [-0.05, 0) is 38.8 Å². The zero-order chi connectivity index (χ0) is 18.4. The normalized spacial score (nSPS) is 13.2. The second kappa shape index (κ2) is 6.02. The van der Waals surface area contributed by atoms with E-state index in [9.17, 15) is 13.2 Å². The summed E-state index contributed by atoms with van der Waals surface area (Å²) in [5.41, 5.74) is 3.84. The van der Waals surface area contributed by atoms with Crippen LogP contribution < -0.4 is 5.32 Å². The lowest BCUT2D eigenvalue weighted by Crippen LogP contribution is -2.13. The molecule has 8 heteroatoms. The number of aryl methyl sites for hydroxylation is 3. The maximum absolute atomic E-state index is 12.9. The Labute approximate surface area is 142 Å².